The summed E-state index contributed by atoms with van der Waals surface area (Å²) in [7, 11) is 0. The topological polar surface area (TPSA) is 57.6 Å². The molecule has 0 spiro atoms. The number of allylic oxidation sites excluding steroid dienone is 1. The molecular weight excluding hydrogens is 242 g/mol. The highest BCUT2D eigenvalue weighted by molar-refractivity contribution is 5.93. The molecule has 19 heavy (non-hydrogen) atoms. The fourth-order valence-electron chi connectivity index (χ4n) is 2.31. The van der Waals surface area contributed by atoms with Crippen molar-refractivity contribution in [2.24, 2.45) is 0 Å². The first-order valence-electron chi connectivity index (χ1n) is 6.34. The van der Waals surface area contributed by atoms with Gasteiger partial charge in [0.1, 0.15) is 0 Å². The number of amides is 1. The second kappa shape index (κ2) is 5.26. The summed E-state index contributed by atoms with van der Waals surface area (Å²) in [6.07, 6.45) is 2.75. The number of benzene rings is 1. The molecule has 4 heteroatoms. The van der Waals surface area contributed by atoms with E-state index in [9.17, 15) is 9.59 Å². The van der Waals surface area contributed by atoms with Gasteiger partial charge in [-0.15, -0.1) is 0 Å². The lowest BCUT2D eigenvalue weighted by Gasteiger charge is -2.15. The van der Waals surface area contributed by atoms with Crippen molar-refractivity contribution in [2.45, 2.75) is 33.4 Å². The van der Waals surface area contributed by atoms with Crippen LogP contribution >= 0.6 is 0 Å². The summed E-state index contributed by atoms with van der Waals surface area (Å²) in [4.78, 5) is 24.8. The van der Waals surface area contributed by atoms with Crippen molar-refractivity contribution in [3.8, 4) is 0 Å². The Bertz CT molecular complexity index is 561. The molecule has 4 nitrogen and oxygen atoms in total. The van der Waals surface area contributed by atoms with Crippen LogP contribution in [-0.2, 0) is 17.9 Å². The Balaban J connectivity index is 2.18. The minimum atomic E-state index is -0.936. The van der Waals surface area contributed by atoms with E-state index in [1.54, 1.807) is 23.1 Å². The molecule has 1 aliphatic rings. The van der Waals surface area contributed by atoms with Gasteiger partial charge in [0.25, 0.3) is 0 Å². The molecule has 0 saturated heterocycles. The lowest BCUT2D eigenvalue weighted by molar-refractivity contribution is -0.127. The van der Waals surface area contributed by atoms with Crippen molar-refractivity contribution < 1.29 is 14.7 Å². The summed E-state index contributed by atoms with van der Waals surface area (Å²) in [5, 5.41) is 8.96. The third-order valence-corrected chi connectivity index (χ3v) is 3.31. The largest absolute Gasteiger partial charge is 0.478 e. The van der Waals surface area contributed by atoms with Crippen molar-refractivity contribution >= 4 is 11.9 Å². The van der Waals surface area contributed by atoms with Gasteiger partial charge in [0.05, 0.1) is 5.56 Å². The molecule has 0 atom stereocenters. The van der Waals surface area contributed by atoms with E-state index in [1.165, 1.54) is 0 Å². The normalized spacial score (nSPS) is 14.4. The highest BCUT2D eigenvalue weighted by Crippen LogP contribution is 2.25. The van der Waals surface area contributed by atoms with Crippen LogP contribution in [0.2, 0.25) is 0 Å². The molecule has 0 aromatic heterocycles. The van der Waals surface area contributed by atoms with Crippen LogP contribution in [0.1, 0.15) is 41.8 Å². The SMILES string of the molecule is CC/C=C(/C)C(=O)N1Cc2ccc(C(=O)O)cc2C1. The van der Waals surface area contributed by atoms with Gasteiger partial charge in [-0.1, -0.05) is 19.1 Å². The Morgan fingerprint density at radius 1 is 1.32 bits per heavy atom. The van der Waals surface area contributed by atoms with Crippen molar-refractivity contribution in [3.05, 3.63) is 46.5 Å². The number of nitrogens with zero attached hydrogens (tertiary/aromatic N) is 1. The molecule has 0 unspecified atom stereocenters. The molecule has 1 amide bonds. The van der Waals surface area contributed by atoms with Gasteiger partial charge in [0.2, 0.25) is 5.91 Å². The van der Waals surface area contributed by atoms with Crippen molar-refractivity contribution in [1.82, 2.24) is 4.90 Å². The second-order valence-corrected chi connectivity index (χ2v) is 4.75. The van der Waals surface area contributed by atoms with Gasteiger partial charge in [-0.2, -0.15) is 0 Å². The van der Waals surface area contributed by atoms with Crippen molar-refractivity contribution in [3.63, 3.8) is 0 Å². The molecule has 2 rings (SSSR count). The molecule has 0 aliphatic carbocycles. The first-order chi connectivity index (χ1) is 9.02. The zero-order valence-corrected chi connectivity index (χ0v) is 11.1. The lowest BCUT2D eigenvalue weighted by atomic mass is 10.1. The Morgan fingerprint density at radius 3 is 2.63 bits per heavy atom. The predicted octanol–water partition coefficient (Wildman–Crippen LogP) is 2.58. The summed E-state index contributed by atoms with van der Waals surface area (Å²) >= 11 is 0. The molecule has 1 aromatic rings. The standard InChI is InChI=1S/C15H17NO3/c1-3-4-10(2)14(17)16-8-12-6-5-11(15(18)19)7-13(12)9-16/h4-7H,3,8-9H2,1-2H3,(H,18,19)/b10-4-. The molecule has 1 aliphatic heterocycles. The van der Waals surface area contributed by atoms with Crippen LogP contribution in [-0.4, -0.2) is 21.9 Å². The number of carbonyl (C=O) groups excluding carboxylic acids is 1. The van der Waals surface area contributed by atoms with E-state index in [4.69, 9.17) is 5.11 Å². The number of carbonyl (C=O) groups is 2. The zero-order valence-electron chi connectivity index (χ0n) is 11.1. The second-order valence-electron chi connectivity index (χ2n) is 4.75. The van der Waals surface area contributed by atoms with E-state index in [2.05, 4.69) is 0 Å². The van der Waals surface area contributed by atoms with Crippen molar-refractivity contribution in [1.29, 1.82) is 0 Å². The summed E-state index contributed by atoms with van der Waals surface area (Å²) in [5.41, 5.74) is 2.97. The molecule has 1 heterocycles. The van der Waals surface area contributed by atoms with Gasteiger partial charge in [0, 0.05) is 18.7 Å². The average Bonchev–Trinajstić information content (AvgIpc) is 2.80. The fraction of sp³-hybridized carbons (Fsp3) is 0.333. The predicted molar refractivity (Wildman–Crippen MR) is 71.7 cm³/mol. The smallest absolute Gasteiger partial charge is 0.335 e. The number of carboxylic acids is 1. The van der Waals surface area contributed by atoms with Gasteiger partial charge >= 0.3 is 5.97 Å². The molecule has 0 fully saturated rings. The summed E-state index contributed by atoms with van der Waals surface area (Å²) in [6, 6.07) is 5.04. The molecule has 0 saturated carbocycles. The Morgan fingerprint density at radius 2 is 2.00 bits per heavy atom. The lowest BCUT2D eigenvalue weighted by Crippen LogP contribution is -2.25. The van der Waals surface area contributed by atoms with Crippen LogP contribution < -0.4 is 0 Å². The first kappa shape index (κ1) is 13.3. The Kier molecular flexibility index (Phi) is 3.69. The molecule has 1 aromatic carbocycles. The minimum absolute atomic E-state index is 0.0231. The van der Waals surface area contributed by atoms with E-state index < -0.39 is 5.97 Å². The van der Waals surface area contributed by atoms with Crippen LogP contribution in [0.25, 0.3) is 0 Å². The Hall–Kier alpha value is -2.10. The molecule has 1 N–H and O–H groups in total. The molecular formula is C15H17NO3. The average molecular weight is 259 g/mol. The van der Waals surface area contributed by atoms with Gasteiger partial charge in [-0.05, 0) is 36.6 Å². The number of hydrogen-bond acceptors (Lipinski definition) is 2. The third-order valence-electron chi connectivity index (χ3n) is 3.31. The van der Waals surface area contributed by atoms with Gasteiger partial charge in [-0.3, -0.25) is 4.79 Å². The van der Waals surface area contributed by atoms with Gasteiger partial charge in [-0.25, -0.2) is 4.79 Å². The van der Waals surface area contributed by atoms with Crippen LogP contribution in [0, 0.1) is 0 Å². The highest BCUT2D eigenvalue weighted by atomic mass is 16.4. The van der Waals surface area contributed by atoms with E-state index in [0.717, 1.165) is 23.1 Å². The quantitative estimate of drug-likeness (QED) is 0.849. The van der Waals surface area contributed by atoms with Crippen LogP contribution in [0.5, 0.6) is 0 Å². The molecule has 100 valence electrons. The number of aromatic carboxylic acids is 1. The summed E-state index contributed by atoms with van der Waals surface area (Å²) < 4.78 is 0. The van der Waals surface area contributed by atoms with E-state index in [0.29, 0.717) is 13.1 Å². The van der Waals surface area contributed by atoms with Crippen molar-refractivity contribution in [2.75, 3.05) is 0 Å². The third kappa shape index (κ3) is 2.67. The van der Waals surface area contributed by atoms with E-state index >= 15 is 0 Å². The van der Waals surface area contributed by atoms with E-state index in [-0.39, 0.29) is 11.5 Å². The number of hydrogen-bond donors (Lipinski definition) is 1. The summed E-state index contributed by atoms with van der Waals surface area (Å²) in [5.74, 6) is -0.912. The van der Waals surface area contributed by atoms with Gasteiger partial charge < -0.3 is 10.0 Å². The first-order valence-corrected chi connectivity index (χ1v) is 6.34. The van der Waals surface area contributed by atoms with Crippen LogP contribution in [0.4, 0.5) is 0 Å². The fourth-order valence-corrected chi connectivity index (χ4v) is 2.31. The van der Waals surface area contributed by atoms with Gasteiger partial charge in [0.15, 0.2) is 0 Å². The zero-order chi connectivity index (χ0) is 14.0. The molecule has 0 bridgehead atoms. The highest BCUT2D eigenvalue weighted by Gasteiger charge is 2.24. The maximum atomic E-state index is 12.2. The number of carboxylic acid groups (broad SMARTS) is 1. The van der Waals surface area contributed by atoms with E-state index in [1.807, 2.05) is 19.9 Å². The van der Waals surface area contributed by atoms with Crippen LogP contribution in [0.15, 0.2) is 29.8 Å². The maximum absolute atomic E-state index is 12.2. The summed E-state index contributed by atoms with van der Waals surface area (Å²) in [6.45, 7) is 4.86. The minimum Gasteiger partial charge on any atom is -0.478 e. The maximum Gasteiger partial charge on any atom is 0.335 e. The van der Waals surface area contributed by atoms with Crippen LogP contribution in [0.3, 0.4) is 0 Å². The number of rotatable bonds is 3. The molecule has 0 radical (unpaired) electrons. The monoisotopic (exact) mass is 259 g/mol. The number of fused-ring (bicyclic) bond motifs is 1. The Labute approximate surface area is 112 Å².